The Morgan fingerprint density at radius 1 is 0.966 bits per heavy atom. The number of aryl methyl sites for hydroxylation is 1. The smallest absolute Gasteiger partial charge is 0.355 e. The number of hydrogen-bond acceptors (Lipinski definition) is 7. The molecule has 0 amide bonds. The summed E-state index contributed by atoms with van der Waals surface area (Å²) in [7, 11) is 3.17. The molecule has 0 aliphatic rings. The first-order chi connectivity index (χ1) is 13.8. The minimum absolute atomic E-state index is 0.0661. The summed E-state index contributed by atoms with van der Waals surface area (Å²) in [6.45, 7) is 6.63. The first-order valence-electron chi connectivity index (χ1n) is 9.46. The zero-order chi connectivity index (χ0) is 21.8. The Morgan fingerprint density at radius 3 is 2.00 bits per heavy atom. The van der Waals surface area contributed by atoms with Crippen LogP contribution in [0.4, 0.5) is 0 Å². The van der Waals surface area contributed by atoms with E-state index in [2.05, 4.69) is 0 Å². The van der Waals surface area contributed by atoms with E-state index >= 15 is 0 Å². The summed E-state index contributed by atoms with van der Waals surface area (Å²) < 4.78 is 22.5. The first-order valence-corrected chi connectivity index (χ1v) is 9.46. The SMILES string of the molecule is CCOC(=O)c1c(C(C)(C(=O)OCC)C(=O)OCC)c2cc(OC)ccc2n1C. The average molecular weight is 405 g/mol. The Kier molecular flexibility index (Phi) is 6.89. The van der Waals surface area contributed by atoms with Crippen LogP contribution in [0.25, 0.3) is 10.9 Å². The highest BCUT2D eigenvalue weighted by Gasteiger charge is 2.51. The van der Waals surface area contributed by atoms with Crippen LogP contribution in [0.1, 0.15) is 43.7 Å². The van der Waals surface area contributed by atoms with E-state index in [0.29, 0.717) is 16.7 Å². The molecule has 0 bridgehead atoms. The summed E-state index contributed by atoms with van der Waals surface area (Å²) in [6, 6.07) is 5.15. The Hall–Kier alpha value is -3.03. The molecule has 0 aliphatic carbocycles. The van der Waals surface area contributed by atoms with Gasteiger partial charge in [0.15, 0.2) is 5.41 Å². The molecule has 2 aromatic rings. The molecule has 29 heavy (non-hydrogen) atoms. The second-order valence-corrected chi connectivity index (χ2v) is 6.45. The van der Waals surface area contributed by atoms with Crippen LogP contribution in [-0.2, 0) is 36.3 Å². The summed E-state index contributed by atoms with van der Waals surface area (Å²) in [4.78, 5) is 38.9. The van der Waals surface area contributed by atoms with Gasteiger partial charge in [0.25, 0.3) is 0 Å². The van der Waals surface area contributed by atoms with Crippen molar-refractivity contribution in [3.05, 3.63) is 29.5 Å². The Bertz CT molecular complexity index is 911. The van der Waals surface area contributed by atoms with Crippen molar-refractivity contribution < 1.29 is 33.3 Å². The Balaban J connectivity index is 2.96. The highest BCUT2D eigenvalue weighted by atomic mass is 16.6. The molecule has 158 valence electrons. The third kappa shape index (κ3) is 3.79. The van der Waals surface area contributed by atoms with Gasteiger partial charge in [-0.15, -0.1) is 0 Å². The fourth-order valence-corrected chi connectivity index (χ4v) is 3.33. The summed E-state index contributed by atoms with van der Waals surface area (Å²) in [6.07, 6.45) is 0. The molecule has 0 atom stereocenters. The van der Waals surface area contributed by atoms with Crippen molar-refractivity contribution in [2.24, 2.45) is 7.05 Å². The van der Waals surface area contributed by atoms with Crippen molar-refractivity contribution in [3.8, 4) is 5.75 Å². The number of esters is 3. The van der Waals surface area contributed by atoms with Gasteiger partial charge in [-0.3, -0.25) is 9.59 Å². The highest BCUT2D eigenvalue weighted by Crippen LogP contribution is 2.39. The van der Waals surface area contributed by atoms with Crippen molar-refractivity contribution in [1.29, 1.82) is 0 Å². The molecule has 2 rings (SSSR count). The lowest BCUT2D eigenvalue weighted by Gasteiger charge is -2.26. The molecule has 0 N–H and O–H groups in total. The molecular formula is C21H27NO7. The highest BCUT2D eigenvalue weighted by molar-refractivity contribution is 6.13. The lowest BCUT2D eigenvalue weighted by molar-refractivity contribution is -0.163. The molecule has 0 unspecified atom stereocenters. The van der Waals surface area contributed by atoms with Gasteiger partial charge in [0.2, 0.25) is 0 Å². The van der Waals surface area contributed by atoms with Gasteiger partial charge in [0.1, 0.15) is 11.4 Å². The van der Waals surface area contributed by atoms with Gasteiger partial charge in [0, 0.05) is 23.5 Å². The molecule has 0 spiro atoms. The fraction of sp³-hybridized carbons (Fsp3) is 0.476. The van der Waals surface area contributed by atoms with Gasteiger partial charge in [0.05, 0.1) is 26.9 Å². The van der Waals surface area contributed by atoms with Crippen LogP contribution in [0.5, 0.6) is 5.75 Å². The molecule has 1 aromatic carbocycles. The molecule has 0 radical (unpaired) electrons. The maximum absolute atomic E-state index is 13.0. The number of fused-ring (bicyclic) bond motifs is 1. The minimum atomic E-state index is -1.88. The van der Waals surface area contributed by atoms with Crippen molar-refractivity contribution in [2.75, 3.05) is 26.9 Å². The maximum atomic E-state index is 13.0. The third-order valence-electron chi connectivity index (χ3n) is 4.74. The second kappa shape index (κ2) is 8.98. The van der Waals surface area contributed by atoms with Crippen LogP contribution in [0, 0.1) is 0 Å². The quantitative estimate of drug-likeness (QED) is 0.379. The average Bonchev–Trinajstić information content (AvgIpc) is 3.00. The Labute approximate surface area is 169 Å². The summed E-state index contributed by atoms with van der Waals surface area (Å²) in [5.74, 6) is -1.76. The number of benzene rings is 1. The normalized spacial score (nSPS) is 11.2. The standard InChI is InChI=1S/C21H27NO7/c1-7-27-18(23)17-16(14-12-13(26-6)10-11-15(14)22(17)5)21(4,19(24)28-8-2)20(25)29-9-3/h10-12H,7-9H2,1-6H3. The largest absolute Gasteiger partial charge is 0.497 e. The number of nitrogens with zero attached hydrogens (tertiary/aromatic N) is 1. The lowest BCUT2D eigenvalue weighted by Crippen LogP contribution is -2.44. The van der Waals surface area contributed by atoms with E-state index < -0.39 is 23.3 Å². The van der Waals surface area contributed by atoms with Crippen molar-refractivity contribution >= 4 is 28.8 Å². The molecule has 0 aliphatic heterocycles. The van der Waals surface area contributed by atoms with E-state index in [9.17, 15) is 14.4 Å². The third-order valence-corrected chi connectivity index (χ3v) is 4.74. The van der Waals surface area contributed by atoms with Crippen LogP contribution in [0.3, 0.4) is 0 Å². The van der Waals surface area contributed by atoms with E-state index in [1.165, 1.54) is 14.0 Å². The number of aromatic nitrogens is 1. The second-order valence-electron chi connectivity index (χ2n) is 6.45. The number of carbonyl (C=O) groups is 3. The molecule has 0 saturated carbocycles. The van der Waals surface area contributed by atoms with Crippen molar-refractivity contribution in [2.45, 2.75) is 33.1 Å². The molecule has 8 heteroatoms. The topological polar surface area (TPSA) is 93.1 Å². The van der Waals surface area contributed by atoms with E-state index in [1.807, 2.05) is 0 Å². The van der Waals surface area contributed by atoms with Crippen LogP contribution >= 0.6 is 0 Å². The number of ether oxygens (including phenoxy) is 4. The van der Waals surface area contributed by atoms with Gasteiger partial charge in [-0.2, -0.15) is 0 Å². The maximum Gasteiger partial charge on any atom is 0.355 e. The summed E-state index contributed by atoms with van der Waals surface area (Å²) in [5.41, 5.74) is -0.994. The van der Waals surface area contributed by atoms with Gasteiger partial charge in [-0.05, 0) is 45.9 Å². The molecule has 8 nitrogen and oxygen atoms in total. The molecule has 1 aromatic heterocycles. The minimum Gasteiger partial charge on any atom is -0.497 e. The number of carbonyl (C=O) groups excluding carboxylic acids is 3. The zero-order valence-electron chi connectivity index (χ0n) is 17.7. The molecule has 1 heterocycles. The van der Waals surface area contributed by atoms with Crippen LogP contribution < -0.4 is 4.74 Å². The van der Waals surface area contributed by atoms with Gasteiger partial charge in [-0.25, -0.2) is 4.79 Å². The van der Waals surface area contributed by atoms with Crippen LogP contribution in [0.15, 0.2) is 18.2 Å². The first kappa shape index (κ1) is 22.3. The van der Waals surface area contributed by atoms with E-state index in [1.54, 1.807) is 50.6 Å². The van der Waals surface area contributed by atoms with Crippen molar-refractivity contribution in [3.63, 3.8) is 0 Å². The van der Waals surface area contributed by atoms with Crippen LogP contribution in [0.2, 0.25) is 0 Å². The lowest BCUT2D eigenvalue weighted by atomic mass is 9.80. The van der Waals surface area contributed by atoms with Gasteiger partial charge in [-0.1, -0.05) is 0 Å². The predicted molar refractivity (Wildman–Crippen MR) is 106 cm³/mol. The Morgan fingerprint density at radius 2 is 1.52 bits per heavy atom. The monoisotopic (exact) mass is 405 g/mol. The number of hydrogen-bond donors (Lipinski definition) is 0. The summed E-state index contributed by atoms with van der Waals surface area (Å²) in [5, 5.41) is 0.499. The number of methoxy groups -OCH3 is 1. The van der Waals surface area contributed by atoms with Crippen molar-refractivity contribution in [1.82, 2.24) is 4.57 Å². The predicted octanol–water partition coefficient (Wildman–Crippen LogP) is 2.75. The van der Waals surface area contributed by atoms with Gasteiger partial charge < -0.3 is 23.5 Å². The van der Waals surface area contributed by atoms with E-state index in [4.69, 9.17) is 18.9 Å². The molecular weight excluding hydrogens is 378 g/mol. The van der Waals surface area contributed by atoms with Gasteiger partial charge >= 0.3 is 17.9 Å². The number of rotatable bonds is 8. The van der Waals surface area contributed by atoms with Crippen LogP contribution in [-0.4, -0.2) is 49.4 Å². The zero-order valence-corrected chi connectivity index (χ0v) is 17.7. The van der Waals surface area contributed by atoms with E-state index in [-0.39, 0.29) is 31.1 Å². The molecule has 0 saturated heterocycles. The van der Waals surface area contributed by atoms with E-state index in [0.717, 1.165) is 0 Å². The summed E-state index contributed by atoms with van der Waals surface area (Å²) >= 11 is 0. The molecule has 0 fully saturated rings. The fourth-order valence-electron chi connectivity index (χ4n) is 3.33.